The highest BCUT2D eigenvalue weighted by atomic mass is 19.1. The van der Waals surface area contributed by atoms with Gasteiger partial charge in [0.15, 0.2) is 0 Å². The average molecular weight is 115 g/mol. The molecule has 8 heavy (non-hydrogen) atoms. The lowest BCUT2D eigenvalue weighted by molar-refractivity contribution is 0.256. The Hall–Kier alpha value is -0.110. The highest BCUT2D eigenvalue weighted by Crippen LogP contribution is 2.32. The van der Waals surface area contributed by atoms with Gasteiger partial charge < -0.3 is 5.32 Å². The van der Waals surface area contributed by atoms with E-state index in [0.29, 0.717) is 5.92 Å². The first kappa shape index (κ1) is 4.74. The van der Waals surface area contributed by atoms with Crippen molar-refractivity contribution in [2.45, 2.75) is 25.1 Å². The molecule has 0 spiro atoms. The van der Waals surface area contributed by atoms with Gasteiger partial charge in [-0.2, -0.15) is 0 Å². The van der Waals surface area contributed by atoms with Crippen LogP contribution in [0.25, 0.3) is 0 Å². The van der Waals surface area contributed by atoms with E-state index >= 15 is 0 Å². The van der Waals surface area contributed by atoms with Crippen molar-refractivity contribution in [3.63, 3.8) is 0 Å². The van der Waals surface area contributed by atoms with Crippen LogP contribution < -0.4 is 5.32 Å². The molecule has 3 atom stereocenters. The molecule has 1 nitrogen and oxygen atoms in total. The molecule has 2 fully saturated rings. The van der Waals surface area contributed by atoms with Gasteiger partial charge in [0.2, 0.25) is 0 Å². The summed E-state index contributed by atoms with van der Waals surface area (Å²) >= 11 is 0. The number of nitrogens with one attached hydrogen (secondary N) is 1. The van der Waals surface area contributed by atoms with Crippen LogP contribution in [-0.2, 0) is 0 Å². The Bertz CT molecular complexity index is 103. The van der Waals surface area contributed by atoms with Crippen molar-refractivity contribution in [1.29, 1.82) is 0 Å². The van der Waals surface area contributed by atoms with Crippen LogP contribution in [0.3, 0.4) is 0 Å². The monoisotopic (exact) mass is 115 g/mol. The molecule has 2 heteroatoms. The molecule has 2 rings (SSSR count). The van der Waals surface area contributed by atoms with Gasteiger partial charge in [-0.05, 0) is 25.3 Å². The minimum Gasteiger partial charge on any atom is -0.311 e. The summed E-state index contributed by atoms with van der Waals surface area (Å²) in [5, 5.41) is 3.13. The Morgan fingerprint density at radius 3 is 2.50 bits per heavy atom. The van der Waals surface area contributed by atoms with Crippen molar-refractivity contribution in [3.8, 4) is 0 Å². The Morgan fingerprint density at radius 2 is 2.25 bits per heavy atom. The summed E-state index contributed by atoms with van der Waals surface area (Å²) in [5.41, 5.74) is 0. The zero-order valence-corrected chi connectivity index (χ0v) is 4.73. The average Bonchev–Trinajstić information content (AvgIpc) is 2.23. The molecule has 46 valence electrons. The summed E-state index contributed by atoms with van der Waals surface area (Å²) in [6.45, 7) is 1.06. The molecule has 1 aliphatic heterocycles. The Morgan fingerprint density at radius 1 is 1.38 bits per heavy atom. The summed E-state index contributed by atoms with van der Waals surface area (Å²) in [6.07, 6.45) is 1.37. The first-order valence-corrected chi connectivity index (χ1v) is 3.24. The number of hydrogen-bond acceptors (Lipinski definition) is 1. The van der Waals surface area contributed by atoms with Gasteiger partial charge in [0.05, 0.1) is 0 Å². The molecule has 1 N–H and O–H groups in total. The molecule has 1 saturated heterocycles. The predicted molar refractivity (Wildman–Crippen MR) is 29.4 cm³/mol. The molecule has 0 radical (unpaired) electrons. The lowest BCUT2D eigenvalue weighted by atomic mass is 10.1. The van der Waals surface area contributed by atoms with E-state index in [4.69, 9.17) is 0 Å². The van der Waals surface area contributed by atoms with Gasteiger partial charge in [-0.1, -0.05) is 0 Å². The molecular formula is C6H10FN. The number of rotatable bonds is 0. The third kappa shape index (κ3) is 0.494. The third-order valence-corrected chi connectivity index (χ3v) is 2.25. The van der Waals surface area contributed by atoms with E-state index in [9.17, 15) is 4.39 Å². The molecule has 1 aliphatic carbocycles. The number of fused-ring (bicyclic) bond motifs is 2. The number of alkyl halides is 1. The van der Waals surface area contributed by atoms with E-state index in [0.717, 1.165) is 19.4 Å². The fourth-order valence-corrected chi connectivity index (χ4v) is 1.78. The Labute approximate surface area is 48.3 Å². The van der Waals surface area contributed by atoms with Crippen LogP contribution in [0.2, 0.25) is 0 Å². The van der Waals surface area contributed by atoms with Crippen molar-refractivity contribution >= 4 is 0 Å². The maximum atomic E-state index is 12.6. The maximum absolute atomic E-state index is 12.6. The van der Waals surface area contributed by atoms with Crippen LogP contribution >= 0.6 is 0 Å². The third-order valence-electron chi connectivity index (χ3n) is 2.25. The number of piperidine rings is 1. The summed E-state index contributed by atoms with van der Waals surface area (Å²) in [4.78, 5) is 0. The molecule has 0 amide bonds. The summed E-state index contributed by atoms with van der Waals surface area (Å²) < 4.78 is 12.6. The highest BCUT2D eigenvalue weighted by molar-refractivity contribution is 4.95. The van der Waals surface area contributed by atoms with Crippen LogP contribution in [0.15, 0.2) is 0 Å². The van der Waals surface area contributed by atoms with Crippen LogP contribution in [-0.4, -0.2) is 18.8 Å². The van der Waals surface area contributed by atoms with E-state index in [2.05, 4.69) is 5.32 Å². The molecule has 2 unspecified atom stereocenters. The van der Waals surface area contributed by atoms with Crippen molar-refractivity contribution < 1.29 is 4.39 Å². The second-order valence-corrected chi connectivity index (χ2v) is 2.87. The zero-order valence-electron chi connectivity index (χ0n) is 4.73. The highest BCUT2D eigenvalue weighted by Gasteiger charge is 2.39. The van der Waals surface area contributed by atoms with E-state index in [1.54, 1.807) is 0 Å². The van der Waals surface area contributed by atoms with E-state index in [1.807, 2.05) is 0 Å². The fraction of sp³-hybridized carbons (Fsp3) is 1.00. The smallest absolute Gasteiger partial charge is 0.116 e. The Balaban J connectivity index is 2.11. The van der Waals surface area contributed by atoms with Crippen LogP contribution in [0, 0.1) is 5.92 Å². The zero-order chi connectivity index (χ0) is 5.56. The molecule has 0 aromatic rings. The van der Waals surface area contributed by atoms with Gasteiger partial charge in [0, 0.05) is 6.04 Å². The molecule has 2 aliphatic rings. The van der Waals surface area contributed by atoms with Gasteiger partial charge in [0.1, 0.15) is 6.17 Å². The number of halogens is 1. The van der Waals surface area contributed by atoms with Gasteiger partial charge in [-0.25, -0.2) is 4.39 Å². The lowest BCUT2D eigenvalue weighted by Crippen LogP contribution is -2.33. The van der Waals surface area contributed by atoms with Crippen LogP contribution in [0.5, 0.6) is 0 Å². The largest absolute Gasteiger partial charge is 0.311 e. The fourth-order valence-electron chi connectivity index (χ4n) is 1.78. The molecule has 1 heterocycles. The molecule has 0 aromatic heterocycles. The first-order chi connectivity index (χ1) is 3.86. The standard InChI is InChI=1S/C6H10FN/c7-5-1-4-2-6(5)8-3-4/h4-6,8H,1-3H2/t4?,5-,6?/m1/s1. The minimum absolute atomic E-state index is 0.222. The molecule has 1 saturated carbocycles. The second kappa shape index (κ2) is 1.44. The van der Waals surface area contributed by atoms with Crippen LogP contribution in [0.1, 0.15) is 12.8 Å². The summed E-state index contributed by atoms with van der Waals surface area (Å²) in [5.74, 6) is 0.662. The lowest BCUT2D eigenvalue weighted by Gasteiger charge is -2.14. The second-order valence-electron chi connectivity index (χ2n) is 2.87. The molecular weight excluding hydrogens is 105 g/mol. The van der Waals surface area contributed by atoms with Crippen LogP contribution in [0.4, 0.5) is 4.39 Å². The van der Waals surface area contributed by atoms with Gasteiger partial charge in [-0.15, -0.1) is 0 Å². The SMILES string of the molecule is F[C@@H]1CC2CNC1C2. The van der Waals surface area contributed by atoms with E-state index in [-0.39, 0.29) is 6.04 Å². The topological polar surface area (TPSA) is 12.0 Å². The normalized spacial score (nSPS) is 52.9. The van der Waals surface area contributed by atoms with Gasteiger partial charge in [-0.3, -0.25) is 0 Å². The quantitative estimate of drug-likeness (QED) is 0.490. The van der Waals surface area contributed by atoms with Crippen molar-refractivity contribution in [2.24, 2.45) is 5.92 Å². The molecule has 0 aromatic carbocycles. The molecule has 2 bridgehead atoms. The minimum atomic E-state index is -0.534. The maximum Gasteiger partial charge on any atom is 0.116 e. The van der Waals surface area contributed by atoms with Gasteiger partial charge in [0.25, 0.3) is 0 Å². The van der Waals surface area contributed by atoms with Crippen molar-refractivity contribution in [3.05, 3.63) is 0 Å². The van der Waals surface area contributed by atoms with E-state index < -0.39 is 6.17 Å². The summed E-state index contributed by atoms with van der Waals surface area (Å²) in [6, 6.07) is 0.222. The van der Waals surface area contributed by atoms with E-state index in [1.165, 1.54) is 0 Å². The number of hydrogen-bond donors (Lipinski definition) is 1. The van der Waals surface area contributed by atoms with Crippen molar-refractivity contribution in [2.75, 3.05) is 6.54 Å². The summed E-state index contributed by atoms with van der Waals surface area (Å²) in [7, 11) is 0. The van der Waals surface area contributed by atoms with Crippen molar-refractivity contribution in [1.82, 2.24) is 5.32 Å². The first-order valence-electron chi connectivity index (χ1n) is 3.24. The predicted octanol–water partition coefficient (Wildman–Crippen LogP) is 0.706. The Kier molecular flexibility index (Phi) is 0.852. The van der Waals surface area contributed by atoms with Gasteiger partial charge >= 0.3 is 0 Å².